The van der Waals surface area contributed by atoms with E-state index in [9.17, 15) is 9.00 Å². The summed E-state index contributed by atoms with van der Waals surface area (Å²) >= 11 is 6.31. The molecule has 0 saturated heterocycles. The van der Waals surface area contributed by atoms with Crippen LogP contribution in [0.3, 0.4) is 0 Å². The summed E-state index contributed by atoms with van der Waals surface area (Å²) < 4.78 is 18.8. The van der Waals surface area contributed by atoms with E-state index < -0.39 is 16.2 Å². The average molecular weight is 253 g/mol. The number of hydrogen-bond acceptors (Lipinski definition) is 5. The van der Waals surface area contributed by atoms with Crippen molar-refractivity contribution >= 4 is 34.1 Å². The third-order valence-electron chi connectivity index (χ3n) is 1.53. The quantitative estimate of drug-likeness (QED) is 0.814. The zero-order chi connectivity index (χ0) is 10.6. The topological polar surface area (TPSA) is 59.9 Å². The van der Waals surface area contributed by atoms with Crippen molar-refractivity contribution in [3.05, 3.63) is 15.4 Å². The van der Waals surface area contributed by atoms with Gasteiger partial charge in [-0.3, -0.25) is 9.00 Å². The van der Waals surface area contributed by atoms with Crippen LogP contribution in [0.2, 0.25) is 5.15 Å². The molecule has 0 radical (unpaired) electrons. The van der Waals surface area contributed by atoms with Crippen LogP contribution < -0.4 is 5.43 Å². The van der Waals surface area contributed by atoms with E-state index in [4.69, 9.17) is 11.6 Å². The molecule has 1 heterocycles. The number of unbranched alkanes of at least 4 members (excludes halogenated alkanes) is 1. The Hall–Kier alpha value is -0.330. The molecule has 0 aliphatic heterocycles. The molecule has 14 heavy (non-hydrogen) atoms. The van der Waals surface area contributed by atoms with Gasteiger partial charge < -0.3 is 0 Å². The van der Waals surface area contributed by atoms with Gasteiger partial charge in [0, 0.05) is 5.75 Å². The van der Waals surface area contributed by atoms with Crippen molar-refractivity contribution in [2.45, 2.75) is 24.8 Å². The fourth-order valence-corrected chi connectivity index (χ4v) is 2.85. The first kappa shape index (κ1) is 11.7. The van der Waals surface area contributed by atoms with Crippen LogP contribution in [-0.4, -0.2) is 18.7 Å². The van der Waals surface area contributed by atoms with Crippen LogP contribution >= 0.6 is 23.3 Å². The number of aromatic nitrogens is 2. The van der Waals surface area contributed by atoms with Crippen molar-refractivity contribution in [1.29, 1.82) is 0 Å². The highest BCUT2D eigenvalue weighted by Crippen LogP contribution is 2.04. The van der Waals surface area contributed by atoms with Crippen LogP contribution in [0.25, 0.3) is 0 Å². The molecule has 0 aliphatic rings. The number of nitrogens with zero attached hydrogens (tertiary/aromatic N) is 2. The predicted octanol–water partition coefficient (Wildman–Crippen LogP) is 1.46. The molecule has 0 bridgehead atoms. The highest BCUT2D eigenvalue weighted by atomic mass is 35.5. The van der Waals surface area contributed by atoms with Crippen LogP contribution in [-0.2, 0) is 10.8 Å². The Balaban J connectivity index is 2.91. The van der Waals surface area contributed by atoms with Crippen LogP contribution in [0.1, 0.15) is 19.8 Å². The molecule has 1 aromatic rings. The van der Waals surface area contributed by atoms with E-state index in [-0.39, 0.29) is 10.2 Å². The summed E-state index contributed by atoms with van der Waals surface area (Å²) in [5.74, 6) is 0.450. The molecule has 7 heteroatoms. The van der Waals surface area contributed by atoms with Gasteiger partial charge in [-0.25, -0.2) is 0 Å². The van der Waals surface area contributed by atoms with Crippen molar-refractivity contribution in [2.75, 3.05) is 5.75 Å². The largest absolute Gasteiger partial charge is 0.283 e. The Morgan fingerprint density at radius 3 is 2.86 bits per heavy atom. The summed E-state index contributed by atoms with van der Waals surface area (Å²) in [6, 6.07) is 0. The first-order valence-corrected chi connectivity index (χ1v) is 6.50. The third kappa shape index (κ3) is 2.83. The molecule has 1 aromatic heterocycles. The molecule has 0 amide bonds. The van der Waals surface area contributed by atoms with Crippen molar-refractivity contribution in [3.8, 4) is 0 Å². The van der Waals surface area contributed by atoms with E-state index in [0.717, 1.165) is 24.6 Å². The Morgan fingerprint density at radius 2 is 2.21 bits per heavy atom. The molecule has 1 unspecified atom stereocenters. The van der Waals surface area contributed by atoms with Crippen molar-refractivity contribution in [3.63, 3.8) is 0 Å². The number of hydrogen-bond donors (Lipinski definition) is 0. The summed E-state index contributed by atoms with van der Waals surface area (Å²) in [5.41, 5.74) is -0.514. The van der Waals surface area contributed by atoms with Crippen molar-refractivity contribution < 1.29 is 4.21 Å². The van der Waals surface area contributed by atoms with E-state index in [0.29, 0.717) is 5.75 Å². The molecular weight excluding hydrogens is 244 g/mol. The second-order valence-corrected chi connectivity index (χ2v) is 4.96. The maximum Gasteiger partial charge on any atom is 0.252 e. The zero-order valence-corrected chi connectivity index (χ0v) is 9.92. The van der Waals surface area contributed by atoms with Gasteiger partial charge in [-0.2, -0.15) is 8.75 Å². The lowest BCUT2D eigenvalue weighted by Crippen LogP contribution is -2.15. The maximum atomic E-state index is 11.5. The summed E-state index contributed by atoms with van der Waals surface area (Å²) in [6.07, 6.45) is 1.74. The molecule has 0 spiro atoms. The molecule has 1 rings (SSSR count). The maximum absolute atomic E-state index is 11.5. The molecule has 0 N–H and O–H groups in total. The van der Waals surface area contributed by atoms with Gasteiger partial charge in [0.05, 0.1) is 22.5 Å². The summed E-state index contributed by atoms with van der Waals surface area (Å²) in [7, 11) is -1.34. The van der Waals surface area contributed by atoms with Gasteiger partial charge in [0.2, 0.25) is 0 Å². The van der Waals surface area contributed by atoms with E-state index >= 15 is 0 Å². The SMILES string of the molecule is CCCCS(=O)c1nsnc(Cl)c1=O. The van der Waals surface area contributed by atoms with Gasteiger partial charge in [-0.1, -0.05) is 24.9 Å². The van der Waals surface area contributed by atoms with Gasteiger partial charge >= 0.3 is 0 Å². The van der Waals surface area contributed by atoms with E-state index in [2.05, 4.69) is 8.75 Å². The van der Waals surface area contributed by atoms with E-state index in [1.54, 1.807) is 0 Å². The van der Waals surface area contributed by atoms with Crippen LogP contribution in [0.4, 0.5) is 0 Å². The number of rotatable bonds is 4. The van der Waals surface area contributed by atoms with Crippen LogP contribution in [0, 0.1) is 0 Å². The van der Waals surface area contributed by atoms with Crippen LogP contribution in [0.5, 0.6) is 0 Å². The Labute approximate surface area is 93.1 Å². The third-order valence-corrected chi connectivity index (χ3v) is 3.89. The summed E-state index contributed by atoms with van der Waals surface area (Å²) in [6.45, 7) is 1.99. The average Bonchev–Trinajstić information content (AvgIpc) is 2.18. The summed E-state index contributed by atoms with van der Waals surface area (Å²) in [5, 5.41) is -0.117. The molecule has 0 fully saturated rings. The van der Waals surface area contributed by atoms with Gasteiger partial charge in [0.25, 0.3) is 5.43 Å². The van der Waals surface area contributed by atoms with Crippen molar-refractivity contribution in [1.82, 2.24) is 8.75 Å². The lowest BCUT2D eigenvalue weighted by Gasteiger charge is -1.97. The minimum atomic E-state index is -1.34. The molecular formula is C7H9ClN2O2S2. The highest BCUT2D eigenvalue weighted by Gasteiger charge is 2.13. The molecule has 0 aromatic carbocycles. The van der Waals surface area contributed by atoms with E-state index in [1.165, 1.54) is 0 Å². The summed E-state index contributed by atoms with van der Waals surface area (Å²) in [4.78, 5) is 11.3. The first-order valence-electron chi connectivity index (χ1n) is 4.07. The van der Waals surface area contributed by atoms with Crippen LogP contribution in [0.15, 0.2) is 9.82 Å². The second kappa shape index (κ2) is 5.53. The van der Waals surface area contributed by atoms with E-state index in [1.807, 2.05) is 6.92 Å². The highest BCUT2D eigenvalue weighted by molar-refractivity contribution is 7.85. The Kier molecular flexibility index (Phi) is 4.64. The normalized spacial score (nSPS) is 12.7. The number of halogens is 1. The minimum Gasteiger partial charge on any atom is -0.283 e. The first-order chi connectivity index (χ1) is 6.66. The van der Waals surface area contributed by atoms with Gasteiger partial charge in [-0.05, 0) is 6.42 Å². The monoisotopic (exact) mass is 252 g/mol. The smallest absolute Gasteiger partial charge is 0.252 e. The standard InChI is InChI=1S/C7H9ClN2O2S2/c1-2-3-4-14(12)7-5(11)6(8)9-13-10-7/h2-4H2,1H3. The van der Waals surface area contributed by atoms with Gasteiger partial charge in [-0.15, -0.1) is 0 Å². The molecule has 0 aliphatic carbocycles. The molecule has 4 nitrogen and oxygen atoms in total. The Morgan fingerprint density at radius 1 is 1.50 bits per heavy atom. The zero-order valence-electron chi connectivity index (χ0n) is 7.53. The minimum absolute atomic E-state index is 0.0310. The van der Waals surface area contributed by atoms with Gasteiger partial charge in [0.15, 0.2) is 10.2 Å². The molecule has 1 atom stereocenters. The Bertz CT molecular complexity index is 394. The second-order valence-electron chi connectivity index (χ2n) is 2.59. The lowest BCUT2D eigenvalue weighted by molar-refractivity contribution is 0.676. The molecule has 0 saturated carbocycles. The fraction of sp³-hybridized carbons (Fsp3) is 0.571. The fourth-order valence-electron chi connectivity index (χ4n) is 0.782. The molecule has 78 valence electrons. The lowest BCUT2D eigenvalue weighted by atomic mass is 10.4. The predicted molar refractivity (Wildman–Crippen MR) is 57.4 cm³/mol. The van der Waals surface area contributed by atoms with Gasteiger partial charge in [0.1, 0.15) is 0 Å². The van der Waals surface area contributed by atoms with Crippen molar-refractivity contribution in [2.24, 2.45) is 0 Å².